The summed E-state index contributed by atoms with van der Waals surface area (Å²) in [5.74, 6) is -0.00205. The van der Waals surface area contributed by atoms with E-state index in [1.165, 1.54) is 6.07 Å². The van der Waals surface area contributed by atoms with E-state index >= 15 is 0 Å². The normalized spacial score (nSPS) is 14.0. The topological polar surface area (TPSA) is 63.2 Å². The number of nitrogens with zero attached hydrogens (tertiary/aromatic N) is 4. The highest BCUT2D eigenvalue weighted by Gasteiger charge is 2.19. The third kappa shape index (κ3) is 3.85. The minimum atomic E-state index is -0.685. The maximum Gasteiger partial charge on any atom is 0.137 e. The Morgan fingerprint density at radius 3 is 2.62 bits per heavy atom. The maximum atomic E-state index is 14.9. The molecule has 0 radical (unpaired) electrons. The number of hydrogen-bond donors (Lipinski definition) is 1. The summed E-state index contributed by atoms with van der Waals surface area (Å²) in [5.41, 5.74) is 2.56. The van der Waals surface area contributed by atoms with Gasteiger partial charge >= 0.3 is 0 Å². The van der Waals surface area contributed by atoms with Crippen LogP contribution in [0.5, 0.6) is 0 Å². The van der Waals surface area contributed by atoms with Gasteiger partial charge in [0, 0.05) is 37.0 Å². The first-order chi connectivity index (χ1) is 15.6. The minimum absolute atomic E-state index is 0.209. The number of fused-ring (bicyclic) bond motifs is 1. The lowest BCUT2D eigenvalue weighted by Gasteiger charge is -2.28. The molecule has 0 bridgehead atoms. The van der Waals surface area contributed by atoms with Crippen LogP contribution in [0.2, 0.25) is 0 Å². The first kappa shape index (κ1) is 20.3. The Balaban J connectivity index is 1.64. The monoisotopic (exact) mass is 433 g/mol. The molecule has 162 valence electrons. The Morgan fingerprint density at radius 1 is 1.00 bits per heavy atom. The van der Waals surface area contributed by atoms with Gasteiger partial charge in [0.2, 0.25) is 0 Å². The third-order valence-corrected chi connectivity index (χ3v) is 5.48. The lowest BCUT2D eigenvalue weighted by atomic mass is 10.0. The molecule has 0 aliphatic carbocycles. The molecule has 1 N–H and O–H groups in total. The van der Waals surface area contributed by atoms with Gasteiger partial charge in [-0.25, -0.2) is 18.7 Å². The minimum Gasteiger partial charge on any atom is -0.378 e. The number of nitrogens with one attached hydrogen (secondary N) is 1. The molecule has 1 saturated heterocycles. The molecule has 4 heterocycles. The Bertz CT molecular complexity index is 1280. The Labute approximate surface area is 183 Å². The Hall–Kier alpha value is -3.65. The van der Waals surface area contributed by atoms with Gasteiger partial charge in [-0.3, -0.25) is 4.98 Å². The number of pyridine rings is 3. The summed E-state index contributed by atoms with van der Waals surface area (Å²) in [5, 5.41) is 3.48. The van der Waals surface area contributed by atoms with Crippen molar-refractivity contribution in [3.05, 3.63) is 71.9 Å². The van der Waals surface area contributed by atoms with Crippen LogP contribution in [0.3, 0.4) is 0 Å². The van der Waals surface area contributed by atoms with Crippen molar-refractivity contribution >= 4 is 28.2 Å². The predicted octanol–water partition coefficient (Wildman–Crippen LogP) is 4.86. The van der Waals surface area contributed by atoms with Gasteiger partial charge in [-0.1, -0.05) is 12.1 Å². The molecule has 6 nitrogen and oxygen atoms in total. The van der Waals surface area contributed by atoms with Gasteiger partial charge in [-0.05, 0) is 31.2 Å². The summed E-state index contributed by atoms with van der Waals surface area (Å²) < 4.78 is 34.3. The quantitative estimate of drug-likeness (QED) is 0.496. The zero-order valence-electron chi connectivity index (χ0n) is 17.5. The van der Waals surface area contributed by atoms with Crippen molar-refractivity contribution in [2.24, 2.45) is 0 Å². The summed E-state index contributed by atoms with van der Waals surface area (Å²) in [6.07, 6.45) is 1.66. The van der Waals surface area contributed by atoms with Crippen molar-refractivity contribution in [3.63, 3.8) is 0 Å². The molecule has 32 heavy (non-hydrogen) atoms. The molecule has 0 amide bonds. The largest absolute Gasteiger partial charge is 0.378 e. The van der Waals surface area contributed by atoms with Crippen LogP contribution in [-0.2, 0) is 4.74 Å². The van der Waals surface area contributed by atoms with Crippen LogP contribution in [0, 0.1) is 18.6 Å². The number of rotatable bonds is 4. The lowest BCUT2D eigenvalue weighted by molar-refractivity contribution is 0.122. The highest BCUT2D eigenvalue weighted by Crippen LogP contribution is 2.36. The van der Waals surface area contributed by atoms with Crippen molar-refractivity contribution in [1.82, 2.24) is 15.0 Å². The average molecular weight is 433 g/mol. The Morgan fingerprint density at radius 2 is 1.84 bits per heavy atom. The number of hydrogen-bond acceptors (Lipinski definition) is 6. The van der Waals surface area contributed by atoms with Crippen molar-refractivity contribution in [3.8, 4) is 11.4 Å². The molecule has 1 aliphatic rings. The maximum absolute atomic E-state index is 14.9. The first-order valence-corrected chi connectivity index (χ1v) is 10.4. The van der Waals surface area contributed by atoms with Crippen molar-refractivity contribution in [1.29, 1.82) is 0 Å². The molecular weight excluding hydrogens is 412 g/mol. The second-order valence-electron chi connectivity index (χ2n) is 7.56. The molecule has 5 rings (SSSR count). The van der Waals surface area contributed by atoms with E-state index in [1.807, 2.05) is 37.3 Å². The van der Waals surface area contributed by atoms with E-state index in [9.17, 15) is 8.78 Å². The summed E-state index contributed by atoms with van der Waals surface area (Å²) in [4.78, 5) is 15.8. The van der Waals surface area contributed by atoms with Crippen LogP contribution < -0.4 is 10.2 Å². The highest BCUT2D eigenvalue weighted by atomic mass is 19.1. The van der Waals surface area contributed by atoms with E-state index in [4.69, 9.17) is 9.72 Å². The second-order valence-corrected chi connectivity index (χ2v) is 7.56. The molecule has 8 heteroatoms. The fourth-order valence-electron chi connectivity index (χ4n) is 3.90. The lowest BCUT2D eigenvalue weighted by Crippen LogP contribution is -2.36. The van der Waals surface area contributed by atoms with Gasteiger partial charge in [-0.15, -0.1) is 0 Å². The highest BCUT2D eigenvalue weighted by molar-refractivity contribution is 5.97. The Kier molecular flexibility index (Phi) is 5.36. The van der Waals surface area contributed by atoms with Crippen LogP contribution in [0.25, 0.3) is 22.3 Å². The van der Waals surface area contributed by atoms with Crippen molar-refractivity contribution in [2.75, 3.05) is 36.5 Å². The number of anilines is 3. The van der Waals surface area contributed by atoms with Gasteiger partial charge in [0.15, 0.2) is 0 Å². The zero-order chi connectivity index (χ0) is 22.1. The zero-order valence-corrected chi connectivity index (χ0v) is 17.5. The summed E-state index contributed by atoms with van der Waals surface area (Å²) in [7, 11) is 0. The fourth-order valence-corrected chi connectivity index (χ4v) is 3.90. The third-order valence-electron chi connectivity index (χ3n) is 5.48. The van der Waals surface area contributed by atoms with Crippen molar-refractivity contribution in [2.45, 2.75) is 6.92 Å². The summed E-state index contributed by atoms with van der Waals surface area (Å²) in [6.45, 7) is 4.65. The molecule has 4 aromatic rings. The van der Waals surface area contributed by atoms with Crippen LogP contribution in [0.15, 0.2) is 54.7 Å². The number of halogens is 2. The molecule has 1 aliphatic heterocycles. The first-order valence-electron chi connectivity index (χ1n) is 10.4. The van der Waals surface area contributed by atoms with E-state index in [2.05, 4.69) is 20.2 Å². The van der Waals surface area contributed by atoms with E-state index in [0.29, 0.717) is 41.7 Å². The van der Waals surface area contributed by atoms with Gasteiger partial charge in [0.05, 0.1) is 41.2 Å². The van der Waals surface area contributed by atoms with E-state index < -0.39 is 11.6 Å². The van der Waals surface area contributed by atoms with E-state index in [1.54, 1.807) is 12.3 Å². The summed E-state index contributed by atoms with van der Waals surface area (Å²) in [6, 6.07) is 13.2. The molecule has 3 aromatic heterocycles. The predicted molar refractivity (Wildman–Crippen MR) is 120 cm³/mol. The van der Waals surface area contributed by atoms with Crippen LogP contribution in [-0.4, -0.2) is 41.3 Å². The SMILES string of the molecule is Cc1c(-c2ccccn2)nc2cc(F)cc(F)c2c1Nc1cccc(N2CCOCC2)n1. The number of aromatic nitrogens is 3. The second kappa shape index (κ2) is 8.47. The van der Waals surface area contributed by atoms with Crippen LogP contribution in [0.1, 0.15) is 5.56 Å². The molecule has 1 aromatic carbocycles. The number of ether oxygens (including phenoxy) is 1. The van der Waals surface area contributed by atoms with Gasteiger partial charge in [0.1, 0.15) is 23.3 Å². The molecule has 0 saturated carbocycles. The fraction of sp³-hybridized carbons (Fsp3) is 0.208. The molecule has 1 fully saturated rings. The molecule has 0 atom stereocenters. The molecule has 0 unspecified atom stereocenters. The van der Waals surface area contributed by atoms with Gasteiger partial charge < -0.3 is 15.0 Å². The number of morpholine rings is 1. The standard InChI is InChI=1S/C24H21F2N5O/c1-15-23(18-5-2-3-8-27-18)28-19-14-16(25)13-17(26)22(19)24(15)30-20-6-4-7-21(29-20)31-9-11-32-12-10-31/h2-8,13-14H,9-12H2,1H3,(H,28,29,30). The van der Waals surface area contributed by atoms with Crippen molar-refractivity contribution < 1.29 is 13.5 Å². The van der Waals surface area contributed by atoms with Crippen LogP contribution in [0.4, 0.5) is 26.1 Å². The molecular formula is C24H21F2N5O. The van der Waals surface area contributed by atoms with E-state index in [-0.39, 0.29) is 10.9 Å². The summed E-state index contributed by atoms with van der Waals surface area (Å²) >= 11 is 0. The molecule has 0 spiro atoms. The van der Waals surface area contributed by atoms with Crippen LogP contribution >= 0.6 is 0 Å². The van der Waals surface area contributed by atoms with Gasteiger partial charge in [0.25, 0.3) is 0 Å². The number of benzene rings is 1. The van der Waals surface area contributed by atoms with Gasteiger partial charge in [-0.2, -0.15) is 0 Å². The van der Waals surface area contributed by atoms with E-state index in [0.717, 1.165) is 25.0 Å². The smallest absolute Gasteiger partial charge is 0.137 e. The average Bonchev–Trinajstić information content (AvgIpc) is 2.82.